The third-order valence-corrected chi connectivity index (χ3v) is 4.29. The van der Waals surface area contributed by atoms with Crippen LogP contribution in [0.25, 0.3) is 0 Å². The maximum Gasteiger partial charge on any atom is 0.0641 e. The fourth-order valence-corrected chi connectivity index (χ4v) is 2.66. The second kappa shape index (κ2) is 6.07. The lowest BCUT2D eigenvalue weighted by Gasteiger charge is -2.08. The molecule has 0 saturated heterocycles. The van der Waals surface area contributed by atoms with Crippen LogP contribution in [0.3, 0.4) is 0 Å². The normalized spacial score (nSPS) is 11.0. The Morgan fingerprint density at radius 2 is 2.05 bits per heavy atom. The number of rotatable bonds is 4. The van der Waals surface area contributed by atoms with Crippen LogP contribution >= 0.6 is 27.5 Å². The number of hydrogen-bond acceptors (Lipinski definition) is 2. The highest BCUT2D eigenvalue weighted by Crippen LogP contribution is 2.21. The van der Waals surface area contributed by atoms with E-state index in [1.54, 1.807) is 0 Å². The van der Waals surface area contributed by atoms with E-state index in [0.29, 0.717) is 0 Å². The highest BCUT2D eigenvalue weighted by atomic mass is 79.9. The van der Waals surface area contributed by atoms with Crippen molar-refractivity contribution in [3.8, 4) is 0 Å². The maximum absolute atomic E-state index is 6.00. The zero-order valence-corrected chi connectivity index (χ0v) is 13.6. The van der Waals surface area contributed by atoms with E-state index in [4.69, 9.17) is 11.6 Å². The quantitative estimate of drug-likeness (QED) is 0.917. The highest BCUT2D eigenvalue weighted by molar-refractivity contribution is 9.10. The van der Waals surface area contributed by atoms with Gasteiger partial charge in [0.15, 0.2) is 0 Å². The Hall–Kier alpha value is -0.840. The molecule has 1 heterocycles. The van der Waals surface area contributed by atoms with E-state index in [0.717, 1.165) is 33.8 Å². The van der Waals surface area contributed by atoms with Gasteiger partial charge in [0.05, 0.1) is 5.69 Å². The first-order chi connectivity index (χ1) is 8.99. The molecule has 0 aliphatic rings. The molecule has 1 aromatic heterocycles. The van der Waals surface area contributed by atoms with Crippen molar-refractivity contribution in [1.82, 2.24) is 15.1 Å². The Labute approximate surface area is 127 Å². The molecule has 0 amide bonds. The summed E-state index contributed by atoms with van der Waals surface area (Å²) in [5.41, 5.74) is 4.71. The molecule has 3 nitrogen and oxygen atoms in total. The van der Waals surface area contributed by atoms with Crippen LogP contribution in [0.2, 0.25) is 5.02 Å². The molecule has 0 aliphatic carbocycles. The smallest absolute Gasteiger partial charge is 0.0641 e. The van der Waals surface area contributed by atoms with E-state index in [2.05, 4.69) is 33.3 Å². The first kappa shape index (κ1) is 14.6. The molecule has 0 fully saturated rings. The largest absolute Gasteiger partial charge is 0.308 e. The van der Waals surface area contributed by atoms with Gasteiger partial charge in [0.2, 0.25) is 0 Å². The van der Waals surface area contributed by atoms with Crippen LogP contribution in [0, 0.1) is 13.8 Å². The van der Waals surface area contributed by atoms with Crippen LogP contribution in [-0.2, 0) is 20.1 Å². The lowest BCUT2D eigenvalue weighted by Crippen LogP contribution is -2.14. The highest BCUT2D eigenvalue weighted by Gasteiger charge is 2.09. The summed E-state index contributed by atoms with van der Waals surface area (Å²) < 4.78 is 2.99. The predicted octanol–water partition coefficient (Wildman–Crippen LogP) is 3.74. The molecular weight excluding hydrogens is 326 g/mol. The fraction of sp³-hybridized carbons (Fsp3) is 0.357. The Kier molecular flexibility index (Phi) is 4.66. The standard InChI is InChI=1S/C14H17BrClN3/c1-9-13(10(2)19(3)18-9)8-17-7-11-6-12(16)4-5-14(11)15/h4-6,17H,7-8H2,1-3H3. The molecule has 1 N–H and O–H groups in total. The van der Waals surface area contributed by atoms with Crippen molar-refractivity contribution in [3.05, 3.63) is 50.2 Å². The summed E-state index contributed by atoms with van der Waals surface area (Å²) in [6, 6.07) is 5.83. The molecule has 102 valence electrons. The van der Waals surface area contributed by atoms with Crippen LogP contribution in [0.5, 0.6) is 0 Å². The van der Waals surface area contributed by atoms with Crippen LogP contribution in [0.4, 0.5) is 0 Å². The molecule has 0 aliphatic heterocycles. The average molecular weight is 343 g/mol. The average Bonchev–Trinajstić information content (AvgIpc) is 2.60. The van der Waals surface area contributed by atoms with Gasteiger partial charge in [0.25, 0.3) is 0 Å². The van der Waals surface area contributed by atoms with Crippen molar-refractivity contribution < 1.29 is 0 Å². The van der Waals surface area contributed by atoms with Crippen molar-refractivity contribution in [1.29, 1.82) is 0 Å². The van der Waals surface area contributed by atoms with Gasteiger partial charge in [-0.05, 0) is 37.6 Å². The number of aromatic nitrogens is 2. The van der Waals surface area contributed by atoms with E-state index in [-0.39, 0.29) is 0 Å². The van der Waals surface area contributed by atoms with Crippen molar-refractivity contribution in [2.24, 2.45) is 7.05 Å². The van der Waals surface area contributed by atoms with Gasteiger partial charge < -0.3 is 5.32 Å². The molecule has 5 heteroatoms. The molecule has 0 saturated carbocycles. The van der Waals surface area contributed by atoms with Gasteiger partial charge in [0, 0.05) is 40.9 Å². The first-order valence-electron chi connectivity index (χ1n) is 6.12. The molecule has 0 atom stereocenters. The van der Waals surface area contributed by atoms with Crippen molar-refractivity contribution >= 4 is 27.5 Å². The third kappa shape index (κ3) is 3.38. The second-order valence-corrected chi connectivity index (χ2v) is 5.90. The monoisotopic (exact) mass is 341 g/mol. The van der Waals surface area contributed by atoms with Gasteiger partial charge in [-0.1, -0.05) is 27.5 Å². The lowest BCUT2D eigenvalue weighted by molar-refractivity contribution is 0.682. The predicted molar refractivity (Wildman–Crippen MR) is 82.4 cm³/mol. The van der Waals surface area contributed by atoms with Gasteiger partial charge in [-0.2, -0.15) is 5.10 Å². The van der Waals surface area contributed by atoms with Crippen LogP contribution in [0.15, 0.2) is 22.7 Å². The van der Waals surface area contributed by atoms with E-state index >= 15 is 0 Å². The molecular formula is C14H17BrClN3. The zero-order chi connectivity index (χ0) is 14.0. The Balaban J connectivity index is 2.02. The molecule has 19 heavy (non-hydrogen) atoms. The fourth-order valence-electron chi connectivity index (χ4n) is 2.07. The summed E-state index contributed by atoms with van der Waals surface area (Å²) in [7, 11) is 1.97. The third-order valence-electron chi connectivity index (χ3n) is 3.28. The first-order valence-corrected chi connectivity index (χ1v) is 7.30. The molecule has 0 spiro atoms. The van der Waals surface area contributed by atoms with E-state index in [1.165, 1.54) is 11.3 Å². The minimum Gasteiger partial charge on any atom is -0.308 e. The zero-order valence-electron chi connectivity index (χ0n) is 11.3. The molecule has 1 aromatic carbocycles. The van der Waals surface area contributed by atoms with E-state index < -0.39 is 0 Å². The van der Waals surface area contributed by atoms with Gasteiger partial charge in [0.1, 0.15) is 0 Å². The number of halogens is 2. The molecule has 0 bridgehead atoms. The summed E-state index contributed by atoms with van der Waals surface area (Å²) in [5.74, 6) is 0. The summed E-state index contributed by atoms with van der Waals surface area (Å²) in [4.78, 5) is 0. The Bertz CT molecular complexity index is 593. The molecule has 0 radical (unpaired) electrons. The lowest BCUT2D eigenvalue weighted by atomic mass is 10.2. The minimum atomic E-state index is 0.758. The number of nitrogens with one attached hydrogen (secondary N) is 1. The van der Waals surface area contributed by atoms with Gasteiger partial charge in [-0.3, -0.25) is 4.68 Å². The van der Waals surface area contributed by atoms with Gasteiger partial charge in [-0.15, -0.1) is 0 Å². The minimum absolute atomic E-state index is 0.758. The number of benzene rings is 1. The Morgan fingerprint density at radius 1 is 1.32 bits per heavy atom. The molecule has 2 rings (SSSR count). The molecule has 2 aromatic rings. The van der Waals surface area contributed by atoms with E-state index in [9.17, 15) is 0 Å². The molecule has 0 unspecified atom stereocenters. The van der Waals surface area contributed by atoms with Gasteiger partial charge >= 0.3 is 0 Å². The summed E-state index contributed by atoms with van der Waals surface area (Å²) >= 11 is 9.54. The van der Waals surface area contributed by atoms with Crippen LogP contribution < -0.4 is 5.32 Å². The number of aryl methyl sites for hydroxylation is 2. The van der Waals surface area contributed by atoms with Crippen LogP contribution in [0.1, 0.15) is 22.5 Å². The van der Waals surface area contributed by atoms with Crippen molar-refractivity contribution in [2.45, 2.75) is 26.9 Å². The maximum atomic E-state index is 6.00. The number of hydrogen-bond donors (Lipinski definition) is 1. The number of nitrogens with zero attached hydrogens (tertiary/aromatic N) is 2. The summed E-state index contributed by atoms with van der Waals surface area (Å²) in [6.07, 6.45) is 0. The summed E-state index contributed by atoms with van der Waals surface area (Å²) in [6.45, 7) is 5.71. The van der Waals surface area contributed by atoms with Gasteiger partial charge in [-0.25, -0.2) is 0 Å². The topological polar surface area (TPSA) is 29.9 Å². The SMILES string of the molecule is Cc1nn(C)c(C)c1CNCc1cc(Cl)ccc1Br. The van der Waals surface area contributed by atoms with E-state index in [1.807, 2.05) is 36.9 Å². The second-order valence-electron chi connectivity index (χ2n) is 4.61. The Morgan fingerprint density at radius 3 is 2.68 bits per heavy atom. The van der Waals surface area contributed by atoms with Crippen molar-refractivity contribution in [3.63, 3.8) is 0 Å². The summed E-state index contributed by atoms with van der Waals surface area (Å²) in [5, 5.41) is 8.61. The van der Waals surface area contributed by atoms with Crippen molar-refractivity contribution in [2.75, 3.05) is 0 Å². The van der Waals surface area contributed by atoms with Crippen LogP contribution in [-0.4, -0.2) is 9.78 Å².